The molecule has 0 saturated heterocycles. The van der Waals surface area contributed by atoms with Gasteiger partial charge in [0.15, 0.2) is 6.10 Å². The van der Waals surface area contributed by atoms with Gasteiger partial charge in [-0.3, -0.25) is 14.9 Å². The average molecular weight is 348 g/mol. The third kappa shape index (κ3) is 4.14. The molecule has 0 bridgehead atoms. The highest BCUT2D eigenvalue weighted by Crippen LogP contribution is 2.29. The molecule has 2 rings (SSSR count). The van der Waals surface area contributed by atoms with Gasteiger partial charge >= 0.3 is 5.97 Å². The van der Waals surface area contributed by atoms with Gasteiger partial charge in [-0.15, -0.1) is 0 Å². The summed E-state index contributed by atoms with van der Waals surface area (Å²) < 4.78 is 15.1. The van der Waals surface area contributed by atoms with Gasteiger partial charge in [-0.25, -0.2) is 4.79 Å². The first-order chi connectivity index (χ1) is 11.8. The van der Waals surface area contributed by atoms with Crippen LogP contribution in [0.3, 0.4) is 0 Å². The van der Waals surface area contributed by atoms with Gasteiger partial charge in [0, 0.05) is 12.1 Å². The maximum Gasteiger partial charge on any atom is 0.342 e. The number of carbonyl (C=O) groups is 2. The molecule has 9 heteroatoms. The number of ether oxygens (including phenoxy) is 2. The molecule has 0 fully saturated rings. The Labute approximate surface area is 142 Å². The molecule has 132 valence electrons. The van der Waals surface area contributed by atoms with Crippen LogP contribution < -0.4 is 10.1 Å². The van der Waals surface area contributed by atoms with Crippen LogP contribution in [0.5, 0.6) is 5.75 Å². The fourth-order valence-corrected chi connectivity index (χ4v) is 2.02. The molecule has 0 saturated carbocycles. The topological polar surface area (TPSA) is 121 Å². The smallest absolute Gasteiger partial charge is 0.342 e. The Balaban J connectivity index is 2.10. The largest absolute Gasteiger partial charge is 0.495 e. The van der Waals surface area contributed by atoms with Crippen molar-refractivity contribution in [3.8, 4) is 5.75 Å². The van der Waals surface area contributed by atoms with Crippen molar-refractivity contribution in [2.45, 2.75) is 20.0 Å². The van der Waals surface area contributed by atoms with E-state index in [2.05, 4.69) is 5.32 Å². The predicted molar refractivity (Wildman–Crippen MR) is 86.6 cm³/mol. The summed E-state index contributed by atoms with van der Waals surface area (Å²) in [5, 5.41) is 13.3. The lowest BCUT2D eigenvalue weighted by atomic mass is 10.2. The third-order valence-electron chi connectivity index (χ3n) is 3.38. The van der Waals surface area contributed by atoms with E-state index >= 15 is 0 Å². The Morgan fingerprint density at radius 1 is 1.32 bits per heavy atom. The molecule has 2 aromatic rings. The lowest BCUT2D eigenvalue weighted by Gasteiger charge is -2.15. The minimum Gasteiger partial charge on any atom is -0.495 e. The van der Waals surface area contributed by atoms with Gasteiger partial charge in [-0.2, -0.15) is 0 Å². The van der Waals surface area contributed by atoms with Crippen molar-refractivity contribution in [2.24, 2.45) is 0 Å². The van der Waals surface area contributed by atoms with Crippen LogP contribution in [0, 0.1) is 17.0 Å². The van der Waals surface area contributed by atoms with Crippen LogP contribution in [0.15, 0.2) is 34.9 Å². The summed E-state index contributed by atoms with van der Waals surface area (Å²) in [6, 6.07) is 5.20. The number of amides is 1. The summed E-state index contributed by atoms with van der Waals surface area (Å²) in [6.45, 7) is 2.97. The second-order valence-electron chi connectivity index (χ2n) is 5.07. The van der Waals surface area contributed by atoms with Crippen molar-refractivity contribution < 1.29 is 28.4 Å². The highest BCUT2D eigenvalue weighted by atomic mass is 16.6. The monoisotopic (exact) mass is 348 g/mol. The first kappa shape index (κ1) is 18.0. The molecule has 1 aromatic heterocycles. The summed E-state index contributed by atoms with van der Waals surface area (Å²) in [5.74, 6) is -0.755. The number of carbonyl (C=O) groups excluding carboxylic acids is 2. The van der Waals surface area contributed by atoms with E-state index in [9.17, 15) is 19.7 Å². The number of nitro benzene ring substituents is 1. The average Bonchev–Trinajstić information content (AvgIpc) is 3.00. The van der Waals surface area contributed by atoms with Crippen LogP contribution in [0.4, 0.5) is 11.4 Å². The van der Waals surface area contributed by atoms with E-state index in [0.717, 1.165) is 6.07 Å². The number of aryl methyl sites for hydroxylation is 1. The fraction of sp³-hybridized carbons (Fsp3) is 0.250. The van der Waals surface area contributed by atoms with Crippen molar-refractivity contribution in [1.29, 1.82) is 0 Å². The molecule has 9 nitrogen and oxygen atoms in total. The molecule has 0 aliphatic carbocycles. The standard InChI is InChI=1S/C16H16N2O7/c1-9-12(6-7-24-9)16(20)25-10(2)15(19)17-13-8-11(18(21)22)4-5-14(13)23-3/h4-8,10H,1-3H3,(H,17,19)/t10-/m0/s1. The number of furan rings is 1. The zero-order chi connectivity index (χ0) is 18.6. The number of esters is 1. The molecular formula is C16H16N2O7. The van der Waals surface area contributed by atoms with Gasteiger partial charge in [0.05, 0.1) is 24.0 Å². The number of methoxy groups -OCH3 is 1. The number of nitro groups is 1. The predicted octanol–water partition coefficient (Wildman–Crippen LogP) is 2.69. The zero-order valence-corrected chi connectivity index (χ0v) is 13.8. The van der Waals surface area contributed by atoms with E-state index in [1.807, 2.05) is 0 Å². The maximum absolute atomic E-state index is 12.2. The molecule has 0 spiro atoms. The van der Waals surface area contributed by atoms with Gasteiger partial charge in [0.25, 0.3) is 11.6 Å². The van der Waals surface area contributed by atoms with E-state index < -0.39 is 22.9 Å². The van der Waals surface area contributed by atoms with Crippen molar-refractivity contribution in [3.05, 3.63) is 52.0 Å². The van der Waals surface area contributed by atoms with Crippen LogP contribution in [-0.2, 0) is 9.53 Å². The minimum absolute atomic E-state index is 0.101. The highest BCUT2D eigenvalue weighted by Gasteiger charge is 2.23. The number of rotatable bonds is 6. The molecule has 1 N–H and O–H groups in total. The van der Waals surface area contributed by atoms with Crippen LogP contribution in [0.25, 0.3) is 0 Å². The van der Waals surface area contributed by atoms with E-state index in [0.29, 0.717) is 5.76 Å². The fourth-order valence-electron chi connectivity index (χ4n) is 2.02. The molecule has 1 aromatic carbocycles. The summed E-state index contributed by atoms with van der Waals surface area (Å²) in [5.41, 5.74) is 0.103. The van der Waals surface area contributed by atoms with Crippen molar-refractivity contribution >= 4 is 23.3 Å². The molecule has 25 heavy (non-hydrogen) atoms. The zero-order valence-electron chi connectivity index (χ0n) is 13.8. The number of benzene rings is 1. The van der Waals surface area contributed by atoms with Crippen molar-refractivity contribution in [1.82, 2.24) is 0 Å². The lowest BCUT2D eigenvalue weighted by Crippen LogP contribution is -2.30. The molecule has 0 unspecified atom stereocenters. The Morgan fingerprint density at radius 3 is 2.60 bits per heavy atom. The van der Waals surface area contributed by atoms with Crippen LogP contribution in [-0.4, -0.2) is 30.0 Å². The normalized spacial score (nSPS) is 11.5. The second-order valence-corrected chi connectivity index (χ2v) is 5.07. The molecular weight excluding hydrogens is 332 g/mol. The summed E-state index contributed by atoms with van der Waals surface area (Å²) >= 11 is 0. The van der Waals surface area contributed by atoms with Gasteiger partial charge in [0.1, 0.15) is 17.1 Å². The SMILES string of the molecule is COc1ccc([N+](=O)[O-])cc1NC(=O)[C@H](C)OC(=O)c1ccoc1C. The van der Waals surface area contributed by atoms with Gasteiger partial charge in [-0.05, 0) is 26.0 Å². The number of hydrogen-bond donors (Lipinski definition) is 1. The summed E-state index contributed by atoms with van der Waals surface area (Å²) in [4.78, 5) is 34.5. The highest BCUT2D eigenvalue weighted by molar-refractivity contribution is 5.98. The molecule has 1 amide bonds. The van der Waals surface area contributed by atoms with Crippen molar-refractivity contribution in [3.63, 3.8) is 0 Å². The lowest BCUT2D eigenvalue weighted by molar-refractivity contribution is -0.384. The maximum atomic E-state index is 12.2. The Bertz CT molecular complexity index is 813. The van der Waals surface area contributed by atoms with Crippen molar-refractivity contribution in [2.75, 3.05) is 12.4 Å². The van der Waals surface area contributed by atoms with E-state index in [-0.39, 0.29) is 22.7 Å². The van der Waals surface area contributed by atoms with Gasteiger partial charge < -0.3 is 19.2 Å². The number of hydrogen-bond acceptors (Lipinski definition) is 7. The second kappa shape index (κ2) is 7.47. The molecule has 0 aliphatic rings. The summed E-state index contributed by atoms with van der Waals surface area (Å²) in [7, 11) is 1.36. The quantitative estimate of drug-likeness (QED) is 0.484. The van der Waals surface area contributed by atoms with E-state index in [4.69, 9.17) is 13.9 Å². The minimum atomic E-state index is -1.13. The first-order valence-corrected chi connectivity index (χ1v) is 7.22. The van der Waals surface area contributed by atoms with E-state index in [1.165, 1.54) is 38.5 Å². The summed E-state index contributed by atoms with van der Waals surface area (Å²) in [6.07, 6.45) is 0.204. The number of nitrogens with one attached hydrogen (secondary N) is 1. The van der Waals surface area contributed by atoms with Crippen LogP contribution in [0.2, 0.25) is 0 Å². The number of nitrogens with zero attached hydrogens (tertiary/aromatic N) is 1. The number of non-ortho nitro benzene ring substituents is 1. The van der Waals surface area contributed by atoms with Crippen LogP contribution in [0.1, 0.15) is 23.0 Å². The first-order valence-electron chi connectivity index (χ1n) is 7.22. The molecule has 1 atom stereocenters. The third-order valence-corrected chi connectivity index (χ3v) is 3.38. The number of anilines is 1. The Hall–Kier alpha value is -3.36. The Morgan fingerprint density at radius 2 is 2.04 bits per heavy atom. The molecule has 1 heterocycles. The van der Waals surface area contributed by atoms with E-state index in [1.54, 1.807) is 6.92 Å². The molecule has 0 aliphatic heterocycles. The van der Waals surface area contributed by atoms with Gasteiger partial charge in [-0.1, -0.05) is 0 Å². The van der Waals surface area contributed by atoms with Crippen LogP contribution >= 0.6 is 0 Å². The Kier molecular flexibility index (Phi) is 5.38. The van der Waals surface area contributed by atoms with Gasteiger partial charge in [0.2, 0.25) is 0 Å². The molecule has 0 radical (unpaired) electrons.